The van der Waals surface area contributed by atoms with Crippen LogP contribution < -0.4 is 0 Å². The van der Waals surface area contributed by atoms with E-state index in [2.05, 4.69) is 34.8 Å². The normalized spacial score (nSPS) is 13.9. The summed E-state index contributed by atoms with van der Waals surface area (Å²) >= 11 is 1.46. The Kier molecular flexibility index (Phi) is 2.96. The molecule has 1 aromatic heterocycles. The van der Waals surface area contributed by atoms with Crippen LogP contribution in [0.3, 0.4) is 0 Å². The van der Waals surface area contributed by atoms with Crippen molar-refractivity contribution in [3.63, 3.8) is 0 Å². The average Bonchev–Trinajstić information content (AvgIpc) is 2.81. The molecule has 0 N–H and O–H groups in total. The number of thiazole rings is 1. The predicted octanol–water partition coefficient (Wildman–Crippen LogP) is 3.30. The first-order valence-corrected chi connectivity index (χ1v) is 7.10. The Balaban J connectivity index is 2.05. The van der Waals surface area contributed by atoms with Crippen LogP contribution in [0, 0.1) is 17.2 Å². The van der Waals surface area contributed by atoms with Gasteiger partial charge in [-0.05, 0) is 18.1 Å². The zero-order valence-corrected chi connectivity index (χ0v) is 11.7. The van der Waals surface area contributed by atoms with Gasteiger partial charge in [0.05, 0.1) is 22.2 Å². The van der Waals surface area contributed by atoms with Crippen LogP contribution in [0.25, 0.3) is 10.2 Å². The predicted molar refractivity (Wildman–Crippen MR) is 77.7 cm³/mol. The Morgan fingerprint density at radius 2 is 2.32 bits per heavy atom. The first-order chi connectivity index (χ1) is 9.17. The molecule has 1 aliphatic heterocycles. The van der Waals surface area contributed by atoms with Gasteiger partial charge < -0.3 is 4.90 Å². The second-order valence-corrected chi connectivity index (χ2v) is 6.11. The van der Waals surface area contributed by atoms with Crippen molar-refractivity contribution in [2.24, 2.45) is 10.9 Å². The van der Waals surface area contributed by atoms with Gasteiger partial charge in [-0.1, -0.05) is 13.8 Å². The molecule has 2 heterocycles. The minimum Gasteiger partial charge on any atom is -0.358 e. The van der Waals surface area contributed by atoms with E-state index in [4.69, 9.17) is 5.26 Å². The van der Waals surface area contributed by atoms with Gasteiger partial charge in [-0.25, -0.2) is 9.98 Å². The van der Waals surface area contributed by atoms with Gasteiger partial charge in [0.1, 0.15) is 6.07 Å². The van der Waals surface area contributed by atoms with Crippen molar-refractivity contribution < 1.29 is 0 Å². The van der Waals surface area contributed by atoms with Gasteiger partial charge in [0.25, 0.3) is 0 Å². The summed E-state index contributed by atoms with van der Waals surface area (Å²) in [6.45, 7) is 6.24. The van der Waals surface area contributed by atoms with E-state index in [1.54, 1.807) is 0 Å². The highest BCUT2D eigenvalue weighted by atomic mass is 32.1. The number of nitrogens with zero attached hydrogens (tertiary/aromatic N) is 4. The number of hydrogen-bond acceptors (Lipinski definition) is 5. The lowest BCUT2D eigenvalue weighted by molar-refractivity contribution is 0.367. The van der Waals surface area contributed by atoms with E-state index in [-0.39, 0.29) is 0 Å². The third-order valence-corrected chi connectivity index (χ3v) is 4.09. The maximum atomic E-state index is 8.97. The fourth-order valence-corrected chi connectivity index (χ4v) is 3.22. The molecule has 0 spiro atoms. The molecule has 96 valence electrons. The van der Waals surface area contributed by atoms with Crippen molar-refractivity contribution in [3.05, 3.63) is 22.7 Å². The van der Waals surface area contributed by atoms with Gasteiger partial charge in [0.15, 0.2) is 5.01 Å². The molecule has 3 rings (SSSR count). The number of benzene rings is 1. The van der Waals surface area contributed by atoms with Crippen molar-refractivity contribution in [2.45, 2.75) is 20.4 Å². The molecule has 0 atom stereocenters. The van der Waals surface area contributed by atoms with E-state index in [9.17, 15) is 0 Å². The summed E-state index contributed by atoms with van der Waals surface area (Å²) in [5.41, 5.74) is 3.10. The molecular formula is C14H14N4S. The third kappa shape index (κ3) is 2.20. The molecule has 0 bridgehead atoms. The lowest BCUT2D eigenvalue weighted by Gasteiger charge is -2.26. The van der Waals surface area contributed by atoms with Crippen LogP contribution >= 0.6 is 11.3 Å². The van der Waals surface area contributed by atoms with Crippen LogP contribution in [-0.2, 0) is 6.54 Å². The van der Waals surface area contributed by atoms with Gasteiger partial charge in [0, 0.05) is 18.7 Å². The monoisotopic (exact) mass is 270 g/mol. The van der Waals surface area contributed by atoms with Crippen LogP contribution in [0.1, 0.15) is 24.4 Å². The first-order valence-electron chi connectivity index (χ1n) is 6.28. The van der Waals surface area contributed by atoms with Crippen molar-refractivity contribution in [1.82, 2.24) is 9.88 Å². The van der Waals surface area contributed by atoms with Crippen LogP contribution in [0.15, 0.2) is 17.1 Å². The summed E-state index contributed by atoms with van der Waals surface area (Å²) in [4.78, 5) is 11.0. The summed E-state index contributed by atoms with van der Waals surface area (Å²) in [6, 6.07) is 6.06. The van der Waals surface area contributed by atoms with E-state index in [0.717, 1.165) is 29.0 Å². The van der Waals surface area contributed by atoms with Crippen molar-refractivity contribution in [3.8, 4) is 6.07 Å². The van der Waals surface area contributed by atoms with Crippen LogP contribution in [0.5, 0.6) is 0 Å². The Bertz CT molecular complexity index is 693. The van der Waals surface area contributed by atoms with Gasteiger partial charge in [-0.15, -0.1) is 11.3 Å². The molecule has 0 aliphatic carbocycles. The average molecular weight is 270 g/mol. The zero-order chi connectivity index (χ0) is 13.4. The topological polar surface area (TPSA) is 52.3 Å². The standard InChI is InChI=1S/C14H14N4S/c1-9(2)6-18-7-10-11(16-8-18)3-4-12-14(10)19-13(5-15)17-12/h3-4,8-9H,6-7H2,1-2H3. The fraction of sp³-hybridized carbons (Fsp3) is 0.357. The highest BCUT2D eigenvalue weighted by molar-refractivity contribution is 7.19. The smallest absolute Gasteiger partial charge is 0.195 e. The molecule has 0 saturated carbocycles. The van der Waals surface area contributed by atoms with E-state index in [1.807, 2.05) is 18.5 Å². The molecule has 2 aromatic rings. The van der Waals surface area contributed by atoms with Crippen LogP contribution in [-0.4, -0.2) is 22.8 Å². The molecule has 0 amide bonds. The Labute approximate surface area is 116 Å². The molecule has 4 nitrogen and oxygen atoms in total. The summed E-state index contributed by atoms with van der Waals surface area (Å²) in [7, 11) is 0. The van der Waals surface area contributed by atoms with E-state index in [0.29, 0.717) is 10.9 Å². The summed E-state index contributed by atoms with van der Waals surface area (Å²) in [5, 5.41) is 9.49. The quantitative estimate of drug-likeness (QED) is 0.841. The molecule has 1 aromatic carbocycles. The van der Waals surface area contributed by atoms with E-state index >= 15 is 0 Å². The molecule has 5 heteroatoms. The first kappa shape index (κ1) is 12.1. The Hall–Kier alpha value is -1.93. The minimum absolute atomic E-state index is 0.522. The van der Waals surface area contributed by atoms with E-state index < -0.39 is 0 Å². The molecule has 1 aliphatic rings. The van der Waals surface area contributed by atoms with Gasteiger partial charge in [0.2, 0.25) is 0 Å². The molecule has 0 fully saturated rings. The second kappa shape index (κ2) is 4.63. The summed E-state index contributed by atoms with van der Waals surface area (Å²) in [5.74, 6) is 0.600. The Morgan fingerprint density at radius 1 is 1.47 bits per heavy atom. The second-order valence-electron chi connectivity index (χ2n) is 5.11. The van der Waals surface area contributed by atoms with Crippen LogP contribution in [0.2, 0.25) is 0 Å². The number of fused-ring (bicyclic) bond motifs is 3. The van der Waals surface area contributed by atoms with Crippen molar-refractivity contribution in [1.29, 1.82) is 5.26 Å². The SMILES string of the molecule is CC(C)CN1C=Nc2ccc3nc(C#N)sc3c2C1. The number of aliphatic imine (C=N–C) groups is 1. The van der Waals surface area contributed by atoms with Crippen molar-refractivity contribution >= 4 is 33.6 Å². The maximum absolute atomic E-state index is 8.97. The fourth-order valence-electron chi connectivity index (χ4n) is 2.33. The van der Waals surface area contributed by atoms with Crippen molar-refractivity contribution in [2.75, 3.05) is 6.54 Å². The van der Waals surface area contributed by atoms with Gasteiger partial charge in [-0.3, -0.25) is 0 Å². The summed E-state index contributed by atoms with van der Waals surface area (Å²) < 4.78 is 1.10. The third-order valence-electron chi connectivity index (χ3n) is 3.05. The minimum atomic E-state index is 0.522. The highest BCUT2D eigenvalue weighted by Crippen LogP contribution is 2.34. The lowest BCUT2D eigenvalue weighted by Crippen LogP contribution is -2.27. The number of rotatable bonds is 2. The van der Waals surface area contributed by atoms with Gasteiger partial charge >= 0.3 is 0 Å². The maximum Gasteiger partial charge on any atom is 0.195 e. The van der Waals surface area contributed by atoms with Crippen LogP contribution in [0.4, 0.5) is 5.69 Å². The lowest BCUT2D eigenvalue weighted by atomic mass is 10.1. The number of nitriles is 1. The zero-order valence-electron chi connectivity index (χ0n) is 10.9. The molecule has 19 heavy (non-hydrogen) atoms. The van der Waals surface area contributed by atoms with Gasteiger partial charge in [-0.2, -0.15) is 5.26 Å². The largest absolute Gasteiger partial charge is 0.358 e. The van der Waals surface area contributed by atoms with E-state index in [1.165, 1.54) is 16.9 Å². The number of aromatic nitrogens is 1. The Morgan fingerprint density at radius 3 is 3.05 bits per heavy atom. The molecule has 0 saturated heterocycles. The molecular weight excluding hydrogens is 256 g/mol. The molecule has 0 unspecified atom stereocenters. The number of hydrogen-bond donors (Lipinski definition) is 0. The highest BCUT2D eigenvalue weighted by Gasteiger charge is 2.18. The molecule has 0 radical (unpaired) electrons. The summed E-state index contributed by atoms with van der Waals surface area (Å²) in [6.07, 6.45) is 1.92.